The predicted molar refractivity (Wildman–Crippen MR) is 70.3 cm³/mol. The molecule has 0 radical (unpaired) electrons. The SMILES string of the molecule is CC(C)(C)CNC(=O)c1ccc(Br)cc1N. The van der Waals surface area contributed by atoms with Crippen molar-refractivity contribution in [3.05, 3.63) is 28.2 Å². The van der Waals surface area contributed by atoms with Gasteiger partial charge in [-0.2, -0.15) is 0 Å². The highest BCUT2D eigenvalue weighted by Gasteiger charge is 2.14. The van der Waals surface area contributed by atoms with E-state index in [1.807, 2.05) is 6.07 Å². The second-order valence-electron chi connectivity index (χ2n) is 4.97. The lowest BCUT2D eigenvalue weighted by atomic mass is 9.97. The summed E-state index contributed by atoms with van der Waals surface area (Å²) in [6.45, 7) is 6.83. The smallest absolute Gasteiger partial charge is 0.253 e. The Labute approximate surface area is 105 Å². The quantitative estimate of drug-likeness (QED) is 0.821. The van der Waals surface area contributed by atoms with Crippen LogP contribution in [0.15, 0.2) is 22.7 Å². The molecule has 0 fully saturated rings. The molecule has 0 unspecified atom stereocenters. The minimum absolute atomic E-state index is 0.0692. The van der Waals surface area contributed by atoms with Crippen molar-refractivity contribution in [3.8, 4) is 0 Å². The van der Waals surface area contributed by atoms with Crippen molar-refractivity contribution in [3.63, 3.8) is 0 Å². The molecule has 0 spiro atoms. The van der Waals surface area contributed by atoms with E-state index < -0.39 is 0 Å². The zero-order valence-electron chi connectivity index (χ0n) is 9.80. The zero-order chi connectivity index (χ0) is 12.3. The number of hydrogen-bond donors (Lipinski definition) is 2. The van der Waals surface area contributed by atoms with E-state index >= 15 is 0 Å². The van der Waals surface area contributed by atoms with Gasteiger partial charge in [0.05, 0.1) is 5.56 Å². The lowest BCUT2D eigenvalue weighted by Crippen LogP contribution is -2.32. The third-order valence-corrected chi connectivity index (χ3v) is 2.53. The van der Waals surface area contributed by atoms with Gasteiger partial charge in [-0.15, -0.1) is 0 Å². The van der Waals surface area contributed by atoms with Gasteiger partial charge in [-0.1, -0.05) is 36.7 Å². The first-order valence-electron chi connectivity index (χ1n) is 5.13. The first kappa shape index (κ1) is 13.0. The van der Waals surface area contributed by atoms with E-state index in [0.29, 0.717) is 17.8 Å². The van der Waals surface area contributed by atoms with Gasteiger partial charge in [0.25, 0.3) is 5.91 Å². The number of nitrogens with one attached hydrogen (secondary N) is 1. The first-order chi connectivity index (χ1) is 7.29. The Kier molecular flexibility index (Phi) is 3.97. The maximum Gasteiger partial charge on any atom is 0.253 e. The molecule has 0 saturated heterocycles. The van der Waals surface area contributed by atoms with Crippen LogP contribution >= 0.6 is 15.9 Å². The van der Waals surface area contributed by atoms with E-state index in [1.54, 1.807) is 12.1 Å². The summed E-state index contributed by atoms with van der Waals surface area (Å²) in [5.41, 5.74) is 6.85. The van der Waals surface area contributed by atoms with E-state index in [-0.39, 0.29) is 11.3 Å². The topological polar surface area (TPSA) is 55.1 Å². The van der Waals surface area contributed by atoms with E-state index in [1.165, 1.54) is 0 Å². The van der Waals surface area contributed by atoms with Crippen LogP contribution in [0.3, 0.4) is 0 Å². The van der Waals surface area contributed by atoms with E-state index in [2.05, 4.69) is 42.0 Å². The fraction of sp³-hybridized carbons (Fsp3) is 0.417. The van der Waals surface area contributed by atoms with Crippen LogP contribution in [0.1, 0.15) is 31.1 Å². The van der Waals surface area contributed by atoms with Crippen LogP contribution in [0.4, 0.5) is 5.69 Å². The zero-order valence-corrected chi connectivity index (χ0v) is 11.4. The minimum atomic E-state index is -0.125. The van der Waals surface area contributed by atoms with Crippen LogP contribution in [-0.4, -0.2) is 12.5 Å². The maximum atomic E-state index is 11.8. The number of hydrogen-bond acceptors (Lipinski definition) is 2. The predicted octanol–water partition coefficient (Wildman–Crippen LogP) is 2.81. The van der Waals surface area contributed by atoms with Crippen LogP contribution in [0.2, 0.25) is 0 Å². The van der Waals surface area contributed by atoms with Gasteiger partial charge in [-0.05, 0) is 23.6 Å². The lowest BCUT2D eigenvalue weighted by molar-refractivity contribution is 0.0940. The third kappa shape index (κ3) is 3.85. The molecule has 4 heteroatoms. The number of nitrogens with two attached hydrogens (primary N) is 1. The maximum absolute atomic E-state index is 11.8. The molecule has 1 rings (SSSR count). The molecule has 0 saturated carbocycles. The number of nitrogen functional groups attached to an aromatic ring is 1. The van der Waals surface area contributed by atoms with Crippen molar-refractivity contribution in [1.82, 2.24) is 5.32 Å². The Morgan fingerprint density at radius 3 is 2.56 bits per heavy atom. The average Bonchev–Trinajstić information content (AvgIpc) is 2.13. The van der Waals surface area contributed by atoms with Crippen LogP contribution in [-0.2, 0) is 0 Å². The van der Waals surface area contributed by atoms with Gasteiger partial charge in [0.15, 0.2) is 0 Å². The number of anilines is 1. The van der Waals surface area contributed by atoms with Gasteiger partial charge >= 0.3 is 0 Å². The lowest BCUT2D eigenvalue weighted by Gasteiger charge is -2.19. The van der Waals surface area contributed by atoms with Crippen molar-refractivity contribution in [2.75, 3.05) is 12.3 Å². The summed E-state index contributed by atoms with van der Waals surface area (Å²) >= 11 is 3.30. The second-order valence-corrected chi connectivity index (χ2v) is 5.89. The Morgan fingerprint density at radius 1 is 1.44 bits per heavy atom. The summed E-state index contributed by atoms with van der Waals surface area (Å²) in [5, 5.41) is 2.86. The number of benzene rings is 1. The number of carbonyl (C=O) groups is 1. The van der Waals surface area contributed by atoms with Crippen molar-refractivity contribution in [1.29, 1.82) is 0 Å². The van der Waals surface area contributed by atoms with Crippen molar-refractivity contribution in [2.24, 2.45) is 5.41 Å². The molecule has 88 valence electrons. The molecule has 3 nitrogen and oxygen atoms in total. The molecule has 1 aromatic rings. The fourth-order valence-corrected chi connectivity index (χ4v) is 1.56. The number of rotatable bonds is 2. The van der Waals surface area contributed by atoms with E-state index in [9.17, 15) is 4.79 Å². The third-order valence-electron chi connectivity index (χ3n) is 2.04. The summed E-state index contributed by atoms with van der Waals surface area (Å²) in [7, 11) is 0. The summed E-state index contributed by atoms with van der Waals surface area (Å²) in [4.78, 5) is 11.8. The molecule has 16 heavy (non-hydrogen) atoms. The Morgan fingerprint density at radius 2 is 2.06 bits per heavy atom. The monoisotopic (exact) mass is 284 g/mol. The van der Waals surface area contributed by atoms with Gasteiger partial charge < -0.3 is 11.1 Å². The molecule has 0 aliphatic heterocycles. The van der Waals surface area contributed by atoms with Crippen molar-refractivity contribution >= 4 is 27.5 Å². The highest BCUT2D eigenvalue weighted by Crippen LogP contribution is 2.19. The molecule has 3 N–H and O–H groups in total. The molecule has 0 aromatic heterocycles. The Balaban J connectivity index is 2.74. The molecular formula is C12H17BrN2O. The van der Waals surface area contributed by atoms with Gasteiger partial charge in [0.1, 0.15) is 0 Å². The minimum Gasteiger partial charge on any atom is -0.398 e. The largest absolute Gasteiger partial charge is 0.398 e. The summed E-state index contributed by atoms with van der Waals surface area (Å²) in [6.07, 6.45) is 0. The highest BCUT2D eigenvalue weighted by molar-refractivity contribution is 9.10. The standard InChI is InChI=1S/C12H17BrN2O/c1-12(2,3)7-15-11(16)9-5-4-8(13)6-10(9)14/h4-6H,7,14H2,1-3H3,(H,15,16). The molecule has 1 amide bonds. The van der Waals surface area contributed by atoms with E-state index in [0.717, 1.165) is 4.47 Å². The fourth-order valence-electron chi connectivity index (χ4n) is 1.18. The first-order valence-corrected chi connectivity index (χ1v) is 5.92. The highest BCUT2D eigenvalue weighted by atomic mass is 79.9. The molecule has 0 atom stereocenters. The molecule has 0 heterocycles. The number of halogens is 1. The summed E-state index contributed by atoms with van der Waals surface area (Å²) < 4.78 is 0.873. The number of amides is 1. The van der Waals surface area contributed by atoms with Crippen LogP contribution < -0.4 is 11.1 Å². The molecular weight excluding hydrogens is 268 g/mol. The Bertz CT molecular complexity index is 396. The Hall–Kier alpha value is -1.03. The van der Waals surface area contributed by atoms with Crippen molar-refractivity contribution < 1.29 is 4.79 Å². The molecule has 0 aliphatic rings. The van der Waals surface area contributed by atoms with Gasteiger partial charge in [0, 0.05) is 16.7 Å². The van der Waals surface area contributed by atoms with Gasteiger partial charge in [-0.3, -0.25) is 4.79 Å². The molecule has 0 bridgehead atoms. The molecule has 0 aliphatic carbocycles. The van der Waals surface area contributed by atoms with Crippen molar-refractivity contribution in [2.45, 2.75) is 20.8 Å². The summed E-state index contributed by atoms with van der Waals surface area (Å²) in [6, 6.07) is 5.26. The van der Waals surface area contributed by atoms with Crippen LogP contribution in [0, 0.1) is 5.41 Å². The van der Waals surface area contributed by atoms with Gasteiger partial charge in [-0.25, -0.2) is 0 Å². The van der Waals surface area contributed by atoms with E-state index in [4.69, 9.17) is 5.73 Å². The average molecular weight is 285 g/mol. The summed E-state index contributed by atoms with van der Waals surface area (Å²) in [5.74, 6) is -0.125. The van der Waals surface area contributed by atoms with Crippen LogP contribution in [0.5, 0.6) is 0 Å². The molecule has 1 aromatic carbocycles. The second kappa shape index (κ2) is 4.87. The normalized spacial score (nSPS) is 11.2. The van der Waals surface area contributed by atoms with Crippen LogP contribution in [0.25, 0.3) is 0 Å². The number of carbonyl (C=O) groups excluding carboxylic acids is 1. The van der Waals surface area contributed by atoms with Gasteiger partial charge in [0.2, 0.25) is 0 Å².